The summed E-state index contributed by atoms with van der Waals surface area (Å²) in [6.07, 6.45) is 1.61. The molecule has 1 heterocycles. The molecule has 0 aromatic carbocycles. The van der Waals surface area contributed by atoms with Gasteiger partial charge in [0, 0.05) is 18.3 Å². The molecule has 1 aromatic rings. The van der Waals surface area contributed by atoms with E-state index in [1.807, 2.05) is 18.5 Å². The molecule has 1 rings (SSSR count). The van der Waals surface area contributed by atoms with Gasteiger partial charge < -0.3 is 5.32 Å². The second-order valence-electron chi connectivity index (χ2n) is 4.22. The van der Waals surface area contributed by atoms with Crippen molar-refractivity contribution in [2.45, 2.75) is 46.2 Å². The number of aromatic nitrogens is 2. The van der Waals surface area contributed by atoms with E-state index in [9.17, 15) is 0 Å². The number of nitrogens with zero attached hydrogens (tertiary/aromatic N) is 3. The third-order valence-electron chi connectivity index (χ3n) is 2.54. The highest BCUT2D eigenvalue weighted by atomic mass is 15.3. The van der Waals surface area contributed by atoms with E-state index in [-0.39, 0.29) is 6.04 Å². The average molecular weight is 220 g/mol. The Balaban J connectivity index is 2.21. The Morgan fingerprint density at radius 1 is 1.56 bits per heavy atom. The van der Waals surface area contributed by atoms with Crippen molar-refractivity contribution in [2.24, 2.45) is 0 Å². The third-order valence-corrected chi connectivity index (χ3v) is 2.54. The van der Waals surface area contributed by atoms with Gasteiger partial charge >= 0.3 is 0 Å². The summed E-state index contributed by atoms with van der Waals surface area (Å²) in [5.41, 5.74) is 2.28. The number of hydrogen-bond acceptors (Lipinski definition) is 3. The van der Waals surface area contributed by atoms with Gasteiger partial charge in [0.1, 0.15) is 0 Å². The van der Waals surface area contributed by atoms with Crippen LogP contribution in [0.25, 0.3) is 0 Å². The van der Waals surface area contributed by atoms with Crippen molar-refractivity contribution in [3.8, 4) is 6.07 Å². The molecule has 0 aliphatic heterocycles. The molecule has 1 unspecified atom stereocenters. The van der Waals surface area contributed by atoms with Crippen LogP contribution in [0.15, 0.2) is 6.07 Å². The Hall–Kier alpha value is -1.34. The van der Waals surface area contributed by atoms with E-state index in [2.05, 4.69) is 29.5 Å². The first kappa shape index (κ1) is 12.7. The van der Waals surface area contributed by atoms with Crippen LogP contribution in [0.4, 0.5) is 0 Å². The first-order valence-electron chi connectivity index (χ1n) is 5.75. The molecule has 1 atom stereocenters. The SMILES string of the molecule is Cc1cc(C)n(CCCNC(C)CC#N)n1. The summed E-state index contributed by atoms with van der Waals surface area (Å²) in [4.78, 5) is 0. The lowest BCUT2D eigenvalue weighted by Gasteiger charge is -2.10. The molecule has 0 bridgehead atoms. The summed E-state index contributed by atoms with van der Waals surface area (Å²) >= 11 is 0. The fourth-order valence-electron chi connectivity index (χ4n) is 1.69. The molecule has 0 fully saturated rings. The summed E-state index contributed by atoms with van der Waals surface area (Å²) in [5.74, 6) is 0. The molecule has 0 radical (unpaired) electrons. The molecule has 1 N–H and O–H groups in total. The maximum atomic E-state index is 8.51. The van der Waals surface area contributed by atoms with Gasteiger partial charge in [0.15, 0.2) is 0 Å². The van der Waals surface area contributed by atoms with Crippen LogP contribution in [0.3, 0.4) is 0 Å². The van der Waals surface area contributed by atoms with Gasteiger partial charge in [0.25, 0.3) is 0 Å². The van der Waals surface area contributed by atoms with Crippen LogP contribution in [0.5, 0.6) is 0 Å². The zero-order valence-corrected chi connectivity index (χ0v) is 10.3. The van der Waals surface area contributed by atoms with Gasteiger partial charge in [-0.3, -0.25) is 4.68 Å². The summed E-state index contributed by atoms with van der Waals surface area (Å²) in [5, 5.41) is 16.2. The Morgan fingerprint density at radius 3 is 2.88 bits per heavy atom. The van der Waals surface area contributed by atoms with Crippen LogP contribution in [0.2, 0.25) is 0 Å². The Morgan fingerprint density at radius 2 is 2.31 bits per heavy atom. The molecule has 0 saturated heterocycles. The quantitative estimate of drug-likeness (QED) is 0.743. The Bertz CT molecular complexity index is 362. The van der Waals surface area contributed by atoms with Gasteiger partial charge in [-0.1, -0.05) is 0 Å². The second-order valence-corrected chi connectivity index (χ2v) is 4.22. The van der Waals surface area contributed by atoms with E-state index in [1.165, 1.54) is 5.69 Å². The van der Waals surface area contributed by atoms with Crippen molar-refractivity contribution < 1.29 is 0 Å². The topological polar surface area (TPSA) is 53.6 Å². The van der Waals surface area contributed by atoms with Crippen LogP contribution in [0, 0.1) is 25.2 Å². The van der Waals surface area contributed by atoms with Gasteiger partial charge in [-0.05, 0) is 39.8 Å². The third kappa shape index (κ3) is 4.03. The molecule has 0 amide bonds. The lowest BCUT2D eigenvalue weighted by molar-refractivity contribution is 0.494. The van der Waals surface area contributed by atoms with Crippen molar-refractivity contribution in [1.82, 2.24) is 15.1 Å². The highest BCUT2D eigenvalue weighted by Gasteiger charge is 2.01. The fraction of sp³-hybridized carbons (Fsp3) is 0.667. The molecular formula is C12H20N4. The van der Waals surface area contributed by atoms with Crippen LogP contribution < -0.4 is 5.32 Å². The van der Waals surface area contributed by atoms with E-state index in [4.69, 9.17) is 5.26 Å². The molecule has 0 aliphatic carbocycles. The lowest BCUT2D eigenvalue weighted by atomic mass is 10.2. The van der Waals surface area contributed by atoms with E-state index in [0.29, 0.717) is 6.42 Å². The highest BCUT2D eigenvalue weighted by Crippen LogP contribution is 2.02. The number of aryl methyl sites for hydroxylation is 3. The van der Waals surface area contributed by atoms with Gasteiger partial charge in [-0.2, -0.15) is 10.4 Å². The molecule has 16 heavy (non-hydrogen) atoms. The smallest absolute Gasteiger partial charge is 0.0638 e. The fourth-order valence-corrected chi connectivity index (χ4v) is 1.69. The minimum absolute atomic E-state index is 0.283. The first-order chi connectivity index (χ1) is 7.63. The summed E-state index contributed by atoms with van der Waals surface area (Å²) < 4.78 is 2.03. The van der Waals surface area contributed by atoms with Gasteiger partial charge in [0.05, 0.1) is 18.2 Å². The predicted molar refractivity (Wildman–Crippen MR) is 64.0 cm³/mol. The van der Waals surface area contributed by atoms with Crippen LogP contribution in [0.1, 0.15) is 31.2 Å². The highest BCUT2D eigenvalue weighted by molar-refractivity contribution is 5.06. The standard InChI is InChI=1S/C12H20N4/c1-10(5-6-13)14-7-4-8-16-12(3)9-11(2)15-16/h9-10,14H,4-5,7-8H2,1-3H3. The predicted octanol–water partition coefficient (Wildman–Crippen LogP) is 1.78. The molecule has 88 valence electrons. The van der Waals surface area contributed by atoms with Crippen molar-refractivity contribution in [3.63, 3.8) is 0 Å². The molecular weight excluding hydrogens is 200 g/mol. The van der Waals surface area contributed by atoms with Crippen molar-refractivity contribution >= 4 is 0 Å². The molecule has 4 nitrogen and oxygen atoms in total. The molecule has 4 heteroatoms. The van der Waals surface area contributed by atoms with Gasteiger partial charge in [0.2, 0.25) is 0 Å². The number of hydrogen-bond donors (Lipinski definition) is 1. The summed E-state index contributed by atoms with van der Waals surface area (Å²) in [6, 6.07) is 4.53. The zero-order valence-electron chi connectivity index (χ0n) is 10.3. The van der Waals surface area contributed by atoms with Crippen LogP contribution in [-0.2, 0) is 6.54 Å². The van der Waals surface area contributed by atoms with Crippen LogP contribution >= 0.6 is 0 Å². The molecule has 0 saturated carbocycles. The van der Waals surface area contributed by atoms with E-state index in [1.54, 1.807) is 0 Å². The largest absolute Gasteiger partial charge is 0.313 e. The molecule has 1 aromatic heterocycles. The van der Waals surface area contributed by atoms with E-state index < -0.39 is 0 Å². The Labute approximate surface area is 97.3 Å². The molecule has 0 aliphatic rings. The normalized spacial score (nSPS) is 12.4. The van der Waals surface area contributed by atoms with Crippen molar-refractivity contribution in [2.75, 3.05) is 6.54 Å². The first-order valence-corrected chi connectivity index (χ1v) is 5.75. The monoisotopic (exact) mass is 220 g/mol. The zero-order chi connectivity index (χ0) is 12.0. The maximum absolute atomic E-state index is 8.51. The van der Waals surface area contributed by atoms with E-state index in [0.717, 1.165) is 25.2 Å². The lowest BCUT2D eigenvalue weighted by Crippen LogP contribution is -2.27. The number of rotatable bonds is 6. The number of nitrogens with one attached hydrogen (secondary N) is 1. The minimum atomic E-state index is 0.283. The van der Waals surface area contributed by atoms with Gasteiger partial charge in [-0.25, -0.2) is 0 Å². The molecule has 0 spiro atoms. The summed E-state index contributed by atoms with van der Waals surface area (Å²) in [7, 11) is 0. The Kier molecular flexibility index (Phi) is 5.00. The maximum Gasteiger partial charge on any atom is 0.0638 e. The summed E-state index contributed by atoms with van der Waals surface area (Å²) in [6.45, 7) is 7.99. The van der Waals surface area contributed by atoms with Crippen LogP contribution in [-0.4, -0.2) is 22.4 Å². The minimum Gasteiger partial charge on any atom is -0.313 e. The second kappa shape index (κ2) is 6.29. The van der Waals surface area contributed by atoms with Crippen molar-refractivity contribution in [1.29, 1.82) is 5.26 Å². The average Bonchev–Trinajstić information content (AvgIpc) is 2.53. The van der Waals surface area contributed by atoms with E-state index >= 15 is 0 Å². The van der Waals surface area contributed by atoms with Gasteiger partial charge in [-0.15, -0.1) is 0 Å². The number of nitriles is 1. The van der Waals surface area contributed by atoms with Crippen molar-refractivity contribution in [3.05, 3.63) is 17.5 Å².